The van der Waals surface area contributed by atoms with E-state index in [-0.39, 0.29) is 5.91 Å². The highest BCUT2D eigenvalue weighted by molar-refractivity contribution is 7.09. The minimum Gasteiger partial charge on any atom is -0.334 e. The van der Waals surface area contributed by atoms with Gasteiger partial charge in [0.05, 0.1) is 22.8 Å². The van der Waals surface area contributed by atoms with Crippen molar-refractivity contribution in [1.82, 2.24) is 20.1 Å². The number of H-pyrrole nitrogens is 1. The molecule has 0 bridgehead atoms. The number of nitrogens with zero attached hydrogens (tertiary/aromatic N) is 3. The van der Waals surface area contributed by atoms with Crippen molar-refractivity contribution in [3.05, 3.63) is 46.0 Å². The molecule has 3 rings (SSSR count). The van der Waals surface area contributed by atoms with E-state index < -0.39 is 0 Å². The Morgan fingerprint density at radius 2 is 2.19 bits per heavy atom. The smallest absolute Gasteiger partial charge is 0.275 e. The molecule has 2 heterocycles. The summed E-state index contributed by atoms with van der Waals surface area (Å²) in [5.74, 6) is -0.0986. The van der Waals surface area contributed by atoms with Gasteiger partial charge in [0.1, 0.15) is 0 Å². The van der Waals surface area contributed by atoms with Gasteiger partial charge in [-0.15, -0.1) is 11.3 Å². The van der Waals surface area contributed by atoms with Crippen molar-refractivity contribution in [2.45, 2.75) is 19.9 Å². The first kappa shape index (κ1) is 13.8. The molecule has 0 radical (unpaired) electrons. The fourth-order valence-electron chi connectivity index (χ4n) is 2.21. The number of carbonyl (C=O) groups excluding carboxylic acids is 1. The number of benzene rings is 1. The molecule has 0 aliphatic rings. The normalized spacial score (nSPS) is 11.0. The van der Waals surface area contributed by atoms with Crippen LogP contribution in [0.5, 0.6) is 0 Å². The van der Waals surface area contributed by atoms with E-state index in [1.54, 1.807) is 23.3 Å². The Labute approximate surface area is 126 Å². The van der Waals surface area contributed by atoms with E-state index in [2.05, 4.69) is 22.1 Å². The predicted molar refractivity (Wildman–Crippen MR) is 83.4 cm³/mol. The number of hydrogen-bond acceptors (Lipinski definition) is 4. The number of nitrogens with one attached hydrogen (secondary N) is 1. The molecule has 1 aromatic carbocycles. The van der Waals surface area contributed by atoms with Crippen LogP contribution in [0.4, 0.5) is 0 Å². The lowest BCUT2D eigenvalue weighted by molar-refractivity contribution is 0.0779. The molecule has 3 aromatic rings. The van der Waals surface area contributed by atoms with Crippen LogP contribution in [0.2, 0.25) is 0 Å². The minimum atomic E-state index is -0.0986. The van der Waals surface area contributed by atoms with Crippen LogP contribution in [-0.4, -0.2) is 33.0 Å². The van der Waals surface area contributed by atoms with Gasteiger partial charge in [0.2, 0.25) is 0 Å². The van der Waals surface area contributed by atoms with Crippen LogP contribution in [0.3, 0.4) is 0 Å². The Bertz CT molecular complexity index is 777. The zero-order chi connectivity index (χ0) is 14.8. The summed E-state index contributed by atoms with van der Waals surface area (Å²) in [5.41, 5.74) is 2.25. The molecular weight excluding hydrogens is 284 g/mol. The largest absolute Gasteiger partial charge is 0.334 e. The van der Waals surface area contributed by atoms with Crippen LogP contribution in [0.1, 0.15) is 28.1 Å². The van der Waals surface area contributed by atoms with Gasteiger partial charge in [0.15, 0.2) is 5.69 Å². The fraction of sp³-hybridized carbons (Fsp3) is 0.267. The number of amides is 1. The summed E-state index contributed by atoms with van der Waals surface area (Å²) in [4.78, 5) is 18.7. The summed E-state index contributed by atoms with van der Waals surface area (Å²) in [6.07, 6.45) is 0.923. The van der Waals surface area contributed by atoms with E-state index in [1.807, 2.05) is 29.6 Å². The zero-order valence-corrected chi connectivity index (χ0v) is 12.8. The molecule has 2 aromatic heterocycles. The van der Waals surface area contributed by atoms with Crippen molar-refractivity contribution >= 4 is 28.1 Å². The highest BCUT2D eigenvalue weighted by atomic mass is 32.1. The molecule has 6 heteroatoms. The van der Waals surface area contributed by atoms with Crippen LogP contribution in [0.25, 0.3) is 10.9 Å². The van der Waals surface area contributed by atoms with Gasteiger partial charge < -0.3 is 4.90 Å². The first-order valence-electron chi connectivity index (χ1n) is 6.81. The summed E-state index contributed by atoms with van der Waals surface area (Å²) in [6.45, 7) is 2.57. The number of thiazole rings is 1. The van der Waals surface area contributed by atoms with Gasteiger partial charge in [-0.1, -0.05) is 25.1 Å². The van der Waals surface area contributed by atoms with Gasteiger partial charge in [-0.05, 0) is 12.5 Å². The van der Waals surface area contributed by atoms with E-state index in [1.165, 1.54) is 0 Å². The lowest BCUT2D eigenvalue weighted by Gasteiger charge is -2.14. The second-order valence-electron chi connectivity index (χ2n) is 4.87. The highest BCUT2D eigenvalue weighted by Gasteiger charge is 2.18. The maximum atomic E-state index is 12.5. The molecule has 0 atom stereocenters. The van der Waals surface area contributed by atoms with Gasteiger partial charge in [0, 0.05) is 17.8 Å². The third-order valence-corrected chi connectivity index (χ3v) is 4.36. The molecular formula is C15H16N4OS. The molecule has 0 saturated carbocycles. The second kappa shape index (κ2) is 5.65. The standard InChI is InChI=1S/C15H16N4OS/c1-3-13-16-10(9-21-13)8-19(2)15(20)14-11-6-4-5-7-12(11)17-18-14/h4-7,9H,3,8H2,1-2H3,(H,17,18). The molecule has 0 unspecified atom stereocenters. The number of fused-ring (bicyclic) bond motifs is 1. The average Bonchev–Trinajstić information content (AvgIpc) is 3.12. The van der Waals surface area contributed by atoms with E-state index >= 15 is 0 Å². The van der Waals surface area contributed by atoms with Gasteiger partial charge >= 0.3 is 0 Å². The molecule has 1 amide bonds. The van der Waals surface area contributed by atoms with Crippen LogP contribution in [0, 0.1) is 0 Å². The topological polar surface area (TPSA) is 61.9 Å². The van der Waals surface area contributed by atoms with Crippen molar-refractivity contribution in [3.8, 4) is 0 Å². The number of aryl methyl sites for hydroxylation is 1. The Balaban J connectivity index is 1.81. The summed E-state index contributed by atoms with van der Waals surface area (Å²) in [6, 6.07) is 7.63. The molecule has 0 aliphatic carbocycles. The van der Waals surface area contributed by atoms with Crippen molar-refractivity contribution in [2.24, 2.45) is 0 Å². The molecule has 0 aliphatic heterocycles. The monoisotopic (exact) mass is 300 g/mol. The maximum Gasteiger partial charge on any atom is 0.275 e. The lowest BCUT2D eigenvalue weighted by atomic mass is 10.2. The zero-order valence-electron chi connectivity index (χ0n) is 12.0. The van der Waals surface area contributed by atoms with E-state index in [4.69, 9.17) is 0 Å². The average molecular weight is 300 g/mol. The molecule has 0 fully saturated rings. The van der Waals surface area contributed by atoms with Gasteiger partial charge in [0.25, 0.3) is 5.91 Å². The minimum absolute atomic E-state index is 0.0986. The molecule has 108 valence electrons. The van der Waals surface area contributed by atoms with Gasteiger partial charge in [-0.2, -0.15) is 5.10 Å². The molecule has 5 nitrogen and oxygen atoms in total. The van der Waals surface area contributed by atoms with Gasteiger partial charge in [-0.3, -0.25) is 9.89 Å². The van der Waals surface area contributed by atoms with Crippen molar-refractivity contribution in [2.75, 3.05) is 7.05 Å². The van der Waals surface area contributed by atoms with E-state index in [9.17, 15) is 4.79 Å². The van der Waals surface area contributed by atoms with Gasteiger partial charge in [-0.25, -0.2) is 4.98 Å². The highest BCUT2D eigenvalue weighted by Crippen LogP contribution is 2.18. The predicted octanol–water partition coefficient (Wildman–Crippen LogP) is 2.85. The van der Waals surface area contributed by atoms with Crippen molar-refractivity contribution in [3.63, 3.8) is 0 Å². The third-order valence-electron chi connectivity index (χ3n) is 3.32. The molecule has 1 N–H and O–H groups in total. The number of aromatic nitrogens is 3. The second-order valence-corrected chi connectivity index (χ2v) is 5.81. The SMILES string of the molecule is CCc1nc(CN(C)C(=O)c2n[nH]c3ccccc23)cs1. The van der Waals surface area contributed by atoms with Crippen LogP contribution >= 0.6 is 11.3 Å². The van der Waals surface area contributed by atoms with Crippen molar-refractivity contribution in [1.29, 1.82) is 0 Å². The van der Waals surface area contributed by atoms with E-state index in [0.29, 0.717) is 12.2 Å². The Morgan fingerprint density at radius 1 is 1.38 bits per heavy atom. The Hall–Kier alpha value is -2.21. The first-order valence-corrected chi connectivity index (χ1v) is 7.69. The molecule has 21 heavy (non-hydrogen) atoms. The van der Waals surface area contributed by atoms with E-state index in [0.717, 1.165) is 28.0 Å². The third kappa shape index (κ3) is 2.67. The lowest BCUT2D eigenvalue weighted by Crippen LogP contribution is -2.26. The summed E-state index contributed by atoms with van der Waals surface area (Å²) >= 11 is 1.63. The van der Waals surface area contributed by atoms with Crippen LogP contribution < -0.4 is 0 Å². The quantitative estimate of drug-likeness (QED) is 0.806. The summed E-state index contributed by atoms with van der Waals surface area (Å²) < 4.78 is 0. The fourth-order valence-corrected chi connectivity index (χ4v) is 2.94. The van der Waals surface area contributed by atoms with Crippen LogP contribution in [-0.2, 0) is 13.0 Å². The summed E-state index contributed by atoms with van der Waals surface area (Å²) in [7, 11) is 1.77. The number of rotatable bonds is 4. The Morgan fingerprint density at radius 3 is 2.95 bits per heavy atom. The Kier molecular flexibility index (Phi) is 3.70. The number of carbonyl (C=O) groups is 1. The number of para-hydroxylation sites is 1. The number of hydrogen-bond donors (Lipinski definition) is 1. The first-order chi connectivity index (χ1) is 10.2. The number of aromatic amines is 1. The van der Waals surface area contributed by atoms with Crippen LogP contribution in [0.15, 0.2) is 29.6 Å². The van der Waals surface area contributed by atoms with Crippen molar-refractivity contribution < 1.29 is 4.79 Å². The molecule has 0 spiro atoms. The summed E-state index contributed by atoms with van der Waals surface area (Å²) in [5, 5.41) is 11.0. The maximum absolute atomic E-state index is 12.5. The molecule has 0 saturated heterocycles.